The lowest BCUT2D eigenvalue weighted by molar-refractivity contribution is 0.411. The second-order valence-electron chi connectivity index (χ2n) is 4.01. The van der Waals surface area contributed by atoms with Crippen molar-refractivity contribution in [2.75, 3.05) is 12.8 Å². The summed E-state index contributed by atoms with van der Waals surface area (Å²) in [4.78, 5) is 4.33. The molecular weight excluding hydrogens is 208 g/mol. The smallest absolute Gasteiger partial charge is 0.195 e. The molecule has 2 heterocycles. The van der Waals surface area contributed by atoms with E-state index in [1.165, 1.54) is 18.6 Å². The number of oxazole rings is 1. The van der Waals surface area contributed by atoms with Crippen LogP contribution in [0, 0.1) is 0 Å². The van der Waals surface area contributed by atoms with Crippen LogP contribution in [-0.4, -0.2) is 23.0 Å². The van der Waals surface area contributed by atoms with Gasteiger partial charge < -0.3 is 9.73 Å². The molecule has 0 saturated carbocycles. The molecule has 0 amide bonds. The molecule has 3 nitrogen and oxygen atoms in total. The number of hydrogen-bond acceptors (Lipinski definition) is 4. The predicted molar refractivity (Wildman–Crippen MR) is 63.2 cm³/mol. The average Bonchev–Trinajstić information content (AvgIpc) is 2.88. The van der Waals surface area contributed by atoms with Crippen LogP contribution < -0.4 is 5.32 Å². The quantitative estimate of drug-likeness (QED) is 0.855. The third-order valence-electron chi connectivity index (χ3n) is 2.86. The minimum absolute atomic E-state index is 0.252. The van der Waals surface area contributed by atoms with Crippen LogP contribution in [0.25, 0.3) is 0 Å². The van der Waals surface area contributed by atoms with Gasteiger partial charge in [0.1, 0.15) is 5.76 Å². The van der Waals surface area contributed by atoms with Crippen molar-refractivity contribution in [3.63, 3.8) is 0 Å². The second-order valence-corrected chi connectivity index (χ2v) is 5.41. The Morgan fingerprint density at radius 2 is 2.60 bits per heavy atom. The van der Waals surface area contributed by atoms with E-state index in [0.29, 0.717) is 0 Å². The summed E-state index contributed by atoms with van der Waals surface area (Å²) >= 11 is 2.04. The van der Waals surface area contributed by atoms with Crippen molar-refractivity contribution in [2.45, 2.75) is 37.5 Å². The fourth-order valence-corrected chi connectivity index (χ4v) is 3.02. The fraction of sp³-hybridized carbons (Fsp3) is 0.727. The zero-order valence-corrected chi connectivity index (χ0v) is 10.1. The van der Waals surface area contributed by atoms with Crippen LogP contribution in [0.5, 0.6) is 0 Å². The third-order valence-corrected chi connectivity index (χ3v) is 4.26. The molecule has 15 heavy (non-hydrogen) atoms. The van der Waals surface area contributed by atoms with Crippen molar-refractivity contribution in [2.24, 2.45) is 0 Å². The van der Waals surface area contributed by atoms with Gasteiger partial charge in [0.2, 0.25) is 0 Å². The second kappa shape index (κ2) is 5.03. The Labute approximate surface area is 95.0 Å². The monoisotopic (exact) mass is 226 g/mol. The number of rotatable bonds is 4. The van der Waals surface area contributed by atoms with Gasteiger partial charge in [0, 0.05) is 11.7 Å². The Kier molecular flexibility index (Phi) is 3.70. The summed E-state index contributed by atoms with van der Waals surface area (Å²) in [6.45, 7) is 2.08. The van der Waals surface area contributed by atoms with E-state index in [1.54, 1.807) is 0 Å². The van der Waals surface area contributed by atoms with Crippen LogP contribution in [0.2, 0.25) is 0 Å². The first-order valence-corrected chi connectivity index (χ1v) is 6.58. The van der Waals surface area contributed by atoms with Crippen molar-refractivity contribution in [1.82, 2.24) is 10.3 Å². The van der Waals surface area contributed by atoms with Gasteiger partial charge in [0.15, 0.2) is 5.89 Å². The molecule has 0 radical (unpaired) electrons. The highest BCUT2D eigenvalue weighted by Gasteiger charge is 2.19. The third kappa shape index (κ3) is 2.75. The summed E-state index contributed by atoms with van der Waals surface area (Å²) in [5.74, 6) is 3.13. The van der Waals surface area contributed by atoms with Crippen molar-refractivity contribution in [1.29, 1.82) is 0 Å². The summed E-state index contributed by atoms with van der Waals surface area (Å²) in [6, 6.07) is 0.252. The Balaban J connectivity index is 1.94. The van der Waals surface area contributed by atoms with Gasteiger partial charge in [-0.25, -0.2) is 4.98 Å². The molecule has 0 spiro atoms. The van der Waals surface area contributed by atoms with Crippen molar-refractivity contribution >= 4 is 11.8 Å². The van der Waals surface area contributed by atoms with E-state index in [-0.39, 0.29) is 6.04 Å². The maximum absolute atomic E-state index is 5.71. The molecule has 0 bridgehead atoms. The first-order valence-electron chi connectivity index (χ1n) is 5.53. The summed E-state index contributed by atoms with van der Waals surface area (Å²) in [5, 5.41) is 3.87. The molecule has 1 N–H and O–H groups in total. The van der Waals surface area contributed by atoms with Crippen LogP contribution in [0.1, 0.15) is 37.5 Å². The predicted octanol–water partition coefficient (Wildman–Crippen LogP) is 2.39. The Morgan fingerprint density at radius 3 is 3.27 bits per heavy atom. The molecule has 1 aliphatic rings. The van der Waals surface area contributed by atoms with Gasteiger partial charge in [-0.1, -0.05) is 0 Å². The van der Waals surface area contributed by atoms with Crippen molar-refractivity contribution in [3.05, 3.63) is 17.8 Å². The Morgan fingerprint density at radius 1 is 1.73 bits per heavy atom. The van der Waals surface area contributed by atoms with Crippen LogP contribution in [0.4, 0.5) is 0 Å². The van der Waals surface area contributed by atoms with E-state index < -0.39 is 0 Å². The highest BCUT2D eigenvalue weighted by Crippen LogP contribution is 2.29. The normalized spacial score (nSPS) is 23.2. The zero-order chi connectivity index (χ0) is 10.7. The van der Waals surface area contributed by atoms with Crippen molar-refractivity contribution in [3.8, 4) is 0 Å². The van der Waals surface area contributed by atoms with Gasteiger partial charge >= 0.3 is 0 Å². The van der Waals surface area contributed by atoms with E-state index >= 15 is 0 Å². The topological polar surface area (TPSA) is 38.1 Å². The van der Waals surface area contributed by atoms with Gasteiger partial charge in [-0.3, -0.25) is 0 Å². The lowest BCUT2D eigenvalue weighted by Crippen LogP contribution is -2.11. The molecule has 1 aromatic heterocycles. The van der Waals surface area contributed by atoms with Crippen LogP contribution >= 0.6 is 11.8 Å². The van der Waals surface area contributed by atoms with Crippen LogP contribution in [0.3, 0.4) is 0 Å². The number of aromatic nitrogens is 1. The SMILES string of the molecule is CNC(C)c1cnc(CC2CCCS2)o1. The van der Waals surface area contributed by atoms with Crippen LogP contribution in [-0.2, 0) is 6.42 Å². The highest BCUT2D eigenvalue weighted by molar-refractivity contribution is 8.00. The molecule has 84 valence electrons. The molecule has 1 aromatic rings. The molecule has 0 aromatic carbocycles. The number of nitrogens with zero attached hydrogens (tertiary/aromatic N) is 1. The van der Waals surface area contributed by atoms with Gasteiger partial charge in [-0.15, -0.1) is 0 Å². The van der Waals surface area contributed by atoms with Gasteiger partial charge in [0.05, 0.1) is 12.2 Å². The van der Waals surface area contributed by atoms with Gasteiger partial charge in [0.25, 0.3) is 0 Å². The highest BCUT2D eigenvalue weighted by atomic mass is 32.2. The van der Waals surface area contributed by atoms with E-state index in [0.717, 1.165) is 23.3 Å². The summed E-state index contributed by atoms with van der Waals surface area (Å²) in [6.07, 6.45) is 5.48. The maximum Gasteiger partial charge on any atom is 0.195 e. The van der Waals surface area contributed by atoms with Gasteiger partial charge in [-0.05, 0) is 32.6 Å². The first kappa shape index (κ1) is 11.0. The minimum atomic E-state index is 0.252. The Hall–Kier alpha value is -0.480. The van der Waals surface area contributed by atoms with E-state index in [2.05, 4.69) is 17.2 Å². The molecule has 2 atom stereocenters. The first-order chi connectivity index (χ1) is 7.29. The molecule has 2 rings (SSSR count). The number of thioether (sulfide) groups is 1. The molecule has 1 saturated heterocycles. The molecule has 1 fully saturated rings. The fourth-order valence-electron chi connectivity index (χ4n) is 1.76. The lowest BCUT2D eigenvalue weighted by atomic mass is 10.2. The molecular formula is C11H18N2OS. The van der Waals surface area contributed by atoms with E-state index in [9.17, 15) is 0 Å². The van der Waals surface area contributed by atoms with Crippen molar-refractivity contribution < 1.29 is 4.42 Å². The summed E-state index contributed by atoms with van der Waals surface area (Å²) in [5.41, 5.74) is 0. The Bertz CT molecular complexity index is 307. The molecule has 4 heteroatoms. The van der Waals surface area contributed by atoms with E-state index in [4.69, 9.17) is 4.42 Å². The van der Waals surface area contributed by atoms with Gasteiger partial charge in [-0.2, -0.15) is 11.8 Å². The number of hydrogen-bond donors (Lipinski definition) is 1. The van der Waals surface area contributed by atoms with E-state index in [1.807, 2.05) is 25.0 Å². The lowest BCUT2D eigenvalue weighted by Gasteiger charge is -2.06. The average molecular weight is 226 g/mol. The number of nitrogens with one attached hydrogen (secondary N) is 1. The molecule has 1 aliphatic heterocycles. The zero-order valence-electron chi connectivity index (χ0n) is 9.32. The molecule has 0 aliphatic carbocycles. The molecule has 2 unspecified atom stereocenters. The standard InChI is InChI=1S/C11H18N2OS/c1-8(12-2)10-7-13-11(14-10)6-9-4-3-5-15-9/h7-9,12H,3-6H2,1-2H3. The summed E-state index contributed by atoms with van der Waals surface area (Å²) in [7, 11) is 1.93. The minimum Gasteiger partial charge on any atom is -0.444 e. The van der Waals surface area contributed by atoms with Crippen LogP contribution in [0.15, 0.2) is 10.6 Å². The maximum atomic E-state index is 5.71. The largest absolute Gasteiger partial charge is 0.444 e. The summed E-state index contributed by atoms with van der Waals surface area (Å²) < 4.78 is 5.71.